The smallest absolute Gasteiger partial charge is 0.209 e. The Balaban J connectivity index is 1.64. The molecule has 4 rings (SSSR count). The van der Waals surface area contributed by atoms with Gasteiger partial charge in [0, 0.05) is 41.9 Å². The Morgan fingerprint density at radius 3 is 2.96 bits per heavy atom. The SMILES string of the molecule is C/C(=C\c1c(Nc2ccc3ncsc3c2)ccnc1C)C1=CCN(C=O)CC1. The van der Waals surface area contributed by atoms with Gasteiger partial charge in [0.1, 0.15) is 0 Å². The predicted octanol–water partition coefficient (Wildman–Crippen LogP) is 4.94. The van der Waals surface area contributed by atoms with E-state index in [0.717, 1.165) is 52.2 Å². The summed E-state index contributed by atoms with van der Waals surface area (Å²) in [6.07, 6.45) is 7.96. The van der Waals surface area contributed by atoms with Crippen molar-refractivity contribution in [1.82, 2.24) is 14.9 Å². The number of hydrogen-bond donors (Lipinski definition) is 1. The Bertz CT molecular complexity index is 1080. The van der Waals surface area contributed by atoms with Crippen LogP contribution < -0.4 is 5.32 Å². The van der Waals surface area contributed by atoms with Gasteiger partial charge in [-0.1, -0.05) is 6.08 Å². The highest BCUT2D eigenvalue weighted by molar-refractivity contribution is 7.16. The molecular weight excluding hydrogens is 368 g/mol. The van der Waals surface area contributed by atoms with E-state index >= 15 is 0 Å². The van der Waals surface area contributed by atoms with E-state index in [1.54, 1.807) is 16.2 Å². The van der Waals surface area contributed by atoms with Gasteiger partial charge in [0.05, 0.1) is 15.7 Å². The minimum absolute atomic E-state index is 0.677. The van der Waals surface area contributed by atoms with Crippen LogP contribution in [0.15, 0.2) is 53.2 Å². The zero-order valence-corrected chi connectivity index (χ0v) is 16.8. The number of benzene rings is 1. The first-order chi connectivity index (χ1) is 13.6. The molecule has 142 valence electrons. The third-order valence-electron chi connectivity index (χ3n) is 5.06. The van der Waals surface area contributed by atoms with Gasteiger partial charge >= 0.3 is 0 Å². The van der Waals surface area contributed by atoms with E-state index in [1.165, 1.54) is 11.1 Å². The number of aryl methyl sites for hydroxylation is 1. The molecule has 0 saturated carbocycles. The highest BCUT2D eigenvalue weighted by Crippen LogP contribution is 2.29. The molecule has 0 spiro atoms. The Labute approximate surface area is 168 Å². The fraction of sp³-hybridized carbons (Fsp3) is 0.227. The average Bonchev–Trinajstić information content (AvgIpc) is 3.18. The van der Waals surface area contributed by atoms with Crippen molar-refractivity contribution in [3.05, 3.63) is 64.5 Å². The Kier molecular flexibility index (Phi) is 5.21. The first kappa shape index (κ1) is 18.4. The first-order valence-corrected chi connectivity index (χ1v) is 10.1. The van der Waals surface area contributed by atoms with Gasteiger partial charge in [-0.3, -0.25) is 9.78 Å². The van der Waals surface area contributed by atoms with Crippen molar-refractivity contribution in [2.24, 2.45) is 0 Å². The second-order valence-electron chi connectivity index (χ2n) is 6.92. The molecule has 2 aromatic heterocycles. The van der Waals surface area contributed by atoms with Crippen LogP contribution in [-0.2, 0) is 4.79 Å². The number of hydrogen-bond acceptors (Lipinski definition) is 5. The molecule has 1 aliphatic rings. The van der Waals surface area contributed by atoms with Crippen LogP contribution >= 0.6 is 11.3 Å². The maximum absolute atomic E-state index is 10.9. The lowest BCUT2D eigenvalue weighted by atomic mass is 9.98. The molecule has 1 amide bonds. The summed E-state index contributed by atoms with van der Waals surface area (Å²) in [5.74, 6) is 0. The van der Waals surface area contributed by atoms with Crippen LogP contribution in [0.1, 0.15) is 24.6 Å². The number of nitrogens with zero attached hydrogens (tertiary/aromatic N) is 3. The molecule has 6 heteroatoms. The van der Waals surface area contributed by atoms with Crippen molar-refractivity contribution in [2.75, 3.05) is 18.4 Å². The third-order valence-corrected chi connectivity index (χ3v) is 5.85. The largest absolute Gasteiger partial charge is 0.355 e. The maximum Gasteiger partial charge on any atom is 0.209 e. The Morgan fingerprint density at radius 1 is 1.29 bits per heavy atom. The monoisotopic (exact) mass is 390 g/mol. The van der Waals surface area contributed by atoms with Crippen molar-refractivity contribution >= 4 is 45.4 Å². The molecule has 3 aromatic rings. The highest BCUT2D eigenvalue weighted by atomic mass is 32.1. The molecule has 0 atom stereocenters. The lowest BCUT2D eigenvalue weighted by molar-refractivity contribution is -0.117. The van der Waals surface area contributed by atoms with Crippen molar-refractivity contribution in [3.8, 4) is 0 Å². The zero-order chi connectivity index (χ0) is 19.5. The number of pyridine rings is 1. The van der Waals surface area contributed by atoms with E-state index < -0.39 is 0 Å². The lowest BCUT2D eigenvalue weighted by Crippen LogP contribution is -2.27. The number of anilines is 2. The quantitative estimate of drug-likeness (QED) is 0.627. The molecule has 1 aromatic carbocycles. The molecule has 0 aliphatic carbocycles. The molecular formula is C22H22N4OS. The van der Waals surface area contributed by atoms with E-state index in [1.807, 2.05) is 30.8 Å². The van der Waals surface area contributed by atoms with Crippen LogP contribution in [0.3, 0.4) is 0 Å². The van der Waals surface area contributed by atoms with Crippen molar-refractivity contribution < 1.29 is 4.79 Å². The van der Waals surface area contributed by atoms with E-state index in [0.29, 0.717) is 6.54 Å². The van der Waals surface area contributed by atoms with Gasteiger partial charge in [-0.2, -0.15) is 0 Å². The van der Waals surface area contributed by atoms with Gasteiger partial charge in [-0.05, 0) is 61.8 Å². The summed E-state index contributed by atoms with van der Waals surface area (Å²) >= 11 is 1.64. The molecule has 0 saturated heterocycles. The number of fused-ring (bicyclic) bond motifs is 1. The molecule has 5 nitrogen and oxygen atoms in total. The summed E-state index contributed by atoms with van der Waals surface area (Å²) in [5.41, 5.74) is 9.52. The highest BCUT2D eigenvalue weighted by Gasteiger charge is 2.12. The van der Waals surface area contributed by atoms with Crippen molar-refractivity contribution in [3.63, 3.8) is 0 Å². The van der Waals surface area contributed by atoms with Crippen LogP contribution in [0.25, 0.3) is 16.3 Å². The number of thiazole rings is 1. The van der Waals surface area contributed by atoms with Crippen LogP contribution in [0, 0.1) is 6.92 Å². The number of carbonyl (C=O) groups is 1. The minimum Gasteiger partial charge on any atom is -0.355 e. The van der Waals surface area contributed by atoms with E-state index in [-0.39, 0.29) is 0 Å². The third kappa shape index (κ3) is 3.82. The molecule has 1 aliphatic heterocycles. The fourth-order valence-corrected chi connectivity index (χ4v) is 4.12. The second-order valence-corrected chi connectivity index (χ2v) is 7.81. The molecule has 3 heterocycles. The summed E-state index contributed by atoms with van der Waals surface area (Å²) in [6.45, 7) is 5.60. The van der Waals surface area contributed by atoms with Gasteiger partial charge in [-0.15, -0.1) is 11.3 Å². The number of nitrogens with one attached hydrogen (secondary N) is 1. The minimum atomic E-state index is 0.677. The predicted molar refractivity (Wildman–Crippen MR) is 116 cm³/mol. The lowest BCUT2D eigenvalue weighted by Gasteiger charge is -2.23. The second kappa shape index (κ2) is 7.94. The summed E-state index contributed by atoms with van der Waals surface area (Å²) < 4.78 is 1.16. The summed E-state index contributed by atoms with van der Waals surface area (Å²) in [4.78, 5) is 21.5. The summed E-state index contributed by atoms with van der Waals surface area (Å²) in [6, 6.07) is 8.22. The van der Waals surface area contributed by atoms with Crippen molar-refractivity contribution in [1.29, 1.82) is 0 Å². The van der Waals surface area contributed by atoms with Gasteiger partial charge in [0.15, 0.2) is 0 Å². The molecule has 0 radical (unpaired) electrons. The van der Waals surface area contributed by atoms with Gasteiger partial charge in [0.25, 0.3) is 0 Å². The molecule has 0 fully saturated rings. The maximum atomic E-state index is 10.9. The van der Waals surface area contributed by atoms with Crippen LogP contribution in [0.5, 0.6) is 0 Å². The molecule has 0 unspecified atom stereocenters. The molecule has 1 N–H and O–H groups in total. The van der Waals surface area contributed by atoms with Gasteiger partial charge in [0.2, 0.25) is 6.41 Å². The van der Waals surface area contributed by atoms with Crippen LogP contribution in [0.2, 0.25) is 0 Å². The Hall–Kier alpha value is -2.99. The first-order valence-electron chi connectivity index (χ1n) is 9.27. The fourth-order valence-electron chi connectivity index (χ4n) is 3.41. The van der Waals surface area contributed by atoms with E-state index in [2.05, 4.69) is 46.5 Å². The summed E-state index contributed by atoms with van der Waals surface area (Å²) in [5, 5.41) is 3.54. The van der Waals surface area contributed by atoms with Gasteiger partial charge < -0.3 is 10.2 Å². The Morgan fingerprint density at radius 2 is 2.18 bits per heavy atom. The standard InChI is InChI=1S/C22H22N4OS/c1-15(17-6-9-26(14-27)10-7-17)11-19-16(2)23-8-5-20(19)25-18-3-4-21-22(12-18)28-13-24-21/h3-6,8,11-14H,7,9-10H2,1-2H3,(H,23,25)/b15-11+. The van der Waals surface area contributed by atoms with Gasteiger partial charge in [-0.25, -0.2) is 4.98 Å². The van der Waals surface area contributed by atoms with Crippen LogP contribution in [-0.4, -0.2) is 34.4 Å². The zero-order valence-electron chi connectivity index (χ0n) is 16.0. The van der Waals surface area contributed by atoms with E-state index in [4.69, 9.17) is 0 Å². The number of rotatable bonds is 5. The molecule has 28 heavy (non-hydrogen) atoms. The number of allylic oxidation sites excluding steroid dienone is 1. The normalized spacial score (nSPS) is 14.9. The number of carbonyl (C=O) groups excluding carboxylic acids is 1. The van der Waals surface area contributed by atoms with Crippen LogP contribution in [0.4, 0.5) is 11.4 Å². The van der Waals surface area contributed by atoms with Crippen molar-refractivity contribution in [2.45, 2.75) is 20.3 Å². The summed E-state index contributed by atoms with van der Waals surface area (Å²) in [7, 11) is 0. The number of amides is 1. The average molecular weight is 391 g/mol. The topological polar surface area (TPSA) is 58.1 Å². The van der Waals surface area contributed by atoms with E-state index in [9.17, 15) is 4.79 Å². The number of aromatic nitrogens is 2. The molecule has 0 bridgehead atoms.